The van der Waals surface area contributed by atoms with Crippen LogP contribution in [0.2, 0.25) is 0 Å². The molecule has 4 nitrogen and oxygen atoms in total. The fraction of sp³-hybridized carbons (Fsp3) is 0.909. The summed E-state index contributed by atoms with van der Waals surface area (Å²) in [5, 5.41) is 2.93. The van der Waals surface area contributed by atoms with Crippen molar-refractivity contribution in [3.05, 3.63) is 0 Å². The van der Waals surface area contributed by atoms with Gasteiger partial charge in [-0.2, -0.15) is 0 Å². The van der Waals surface area contributed by atoms with Crippen LogP contribution < -0.4 is 11.1 Å². The molecule has 0 saturated heterocycles. The molecule has 1 aliphatic carbocycles. The van der Waals surface area contributed by atoms with E-state index in [4.69, 9.17) is 10.5 Å². The molecule has 0 radical (unpaired) electrons. The number of nitrogens with one attached hydrogen (secondary N) is 1. The van der Waals surface area contributed by atoms with E-state index in [1.165, 1.54) is 19.3 Å². The van der Waals surface area contributed by atoms with Crippen molar-refractivity contribution in [3.63, 3.8) is 0 Å². The molecule has 0 atom stereocenters. The van der Waals surface area contributed by atoms with E-state index in [-0.39, 0.29) is 12.5 Å². The van der Waals surface area contributed by atoms with Crippen LogP contribution in [0.4, 0.5) is 0 Å². The van der Waals surface area contributed by atoms with E-state index in [9.17, 15) is 4.79 Å². The van der Waals surface area contributed by atoms with E-state index >= 15 is 0 Å². The maximum atomic E-state index is 11.3. The fourth-order valence-corrected chi connectivity index (χ4v) is 1.92. The molecule has 15 heavy (non-hydrogen) atoms. The lowest BCUT2D eigenvalue weighted by Gasteiger charge is -2.41. The zero-order chi connectivity index (χ0) is 11.1. The number of hydrogen-bond acceptors (Lipinski definition) is 3. The minimum absolute atomic E-state index is 0.0248. The summed E-state index contributed by atoms with van der Waals surface area (Å²) in [6.45, 7) is 4.04. The van der Waals surface area contributed by atoms with Crippen molar-refractivity contribution in [3.8, 4) is 0 Å². The molecule has 0 heterocycles. The lowest BCUT2D eigenvalue weighted by atomic mass is 9.67. The molecule has 0 aromatic heterocycles. The van der Waals surface area contributed by atoms with Gasteiger partial charge in [0.05, 0.1) is 6.61 Å². The molecule has 88 valence electrons. The summed E-state index contributed by atoms with van der Waals surface area (Å²) >= 11 is 0. The highest BCUT2D eigenvalue weighted by atomic mass is 16.5. The van der Waals surface area contributed by atoms with E-state index in [0.717, 1.165) is 13.0 Å². The van der Waals surface area contributed by atoms with Crippen LogP contribution in [-0.4, -0.2) is 32.2 Å². The Balaban J connectivity index is 2.10. The van der Waals surface area contributed by atoms with Gasteiger partial charge < -0.3 is 15.8 Å². The predicted molar refractivity (Wildman–Crippen MR) is 59.5 cm³/mol. The van der Waals surface area contributed by atoms with Crippen LogP contribution in [0.1, 0.15) is 32.6 Å². The molecule has 0 aromatic rings. The van der Waals surface area contributed by atoms with E-state index in [1.807, 2.05) is 0 Å². The number of carbonyl (C=O) groups is 1. The Hall–Kier alpha value is -0.610. The quantitative estimate of drug-likeness (QED) is 0.612. The Kier molecular flexibility index (Phi) is 5.05. The van der Waals surface area contributed by atoms with Crippen LogP contribution in [-0.2, 0) is 9.53 Å². The molecule has 1 amide bonds. The van der Waals surface area contributed by atoms with Crippen LogP contribution in [0.5, 0.6) is 0 Å². The summed E-state index contributed by atoms with van der Waals surface area (Å²) in [5.74, 6) is -0.0248. The van der Waals surface area contributed by atoms with Crippen LogP contribution in [0, 0.1) is 5.41 Å². The van der Waals surface area contributed by atoms with Crippen molar-refractivity contribution in [2.24, 2.45) is 11.1 Å². The maximum Gasteiger partial charge on any atom is 0.246 e. The maximum absolute atomic E-state index is 11.3. The molecular weight excluding hydrogens is 192 g/mol. The summed E-state index contributed by atoms with van der Waals surface area (Å²) in [4.78, 5) is 11.3. The Morgan fingerprint density at radius 3 is 2.73 bits per heavy atom. The van der Waals surface area contributed by atoms with Crippen molar-refractivity contribution in [1.82, 2.24) is 5.32 Å². The smallest absolute Gasteiger partial charge is 0.246 e. The first-order valence-corrected chi connectivity index (χ1v) is 5.77. The second-order valence-electron chi connectivity index (χ2n) is 4.33. The van der Waals surface area contributed by atoms with E-state index in [2.05, 4.69) is 12.2 Å². The minimum atomic E-state index is -0.0248. The largest absolute Gasteiger partial charge is 0.370 e. The fourth-order valence-electron chi connectivity index (χ4n) is 1.92. The highest BCUT2D eigenvalue weighted by Crippen LogP contribution is 2.42. The van der Waals surface area contributed by atoms with Crippen molar-refractivity contribution in [1.29, 1.82) is 0 Å². The molecular formula is C11H22N2O2. The van der Waals surface area contributed by atoms with Crippen molar-refractivity contribution in [2.45, 2.75) is 32.6 Å². The van der Waals surface area contributed by atoms with Crippen molar-refractivity contribution in [2.75, 3.05) is 26.3 Å². The van der Waals surface area contributed by atoms with Gasteiger partial charge in [-0.15, -0.1) is 0 Å². The van der Waals surface area contributed by atoms with Gasteiger partial charge in [-0.1, -0.05) is 13.3 Å². The number of hydrogen-bond donors (Lipinski definition) is 2. The predicted octanol–water partition coefficient (Wildman–Crippen LogP) is 0.658. The lowest BCUT2D eigenvalue weighted by Crippen LogP contribution is -2.42. The lowest BCUT2D eigenvalue weighted by molar-refractivity contribution is -0.126. The average molecular weight is 214 g/mol. The Bertz CT molecular complexity index is 197. The monoisotopic (exact) mass is 214 g/mol. The van der Waals surface area contributed by atoms with Gasteiger partial charge in [0.25, 0.3) is 0 Å². The molecule has 0 aliphatic heterocycles. The summed E-state index contributed by atoms with van der Waals surface area (Å²) in [7, 11) is 0. The van der Waals surface area contributed by atoms with Crippen molar-refractivity contribution < 1.29 is 9.53 Å². The van der Waals surface area contributed by atoms with Gasteiger partial charge in [0.1, 0.15) is 6.61 Å². The van der Waals surface area contributed by atoms with Gasteiger partial charge in [-0.25, -0.2) is 0 Å². The normalized spacial score (nSPS) is 18.3. The third-order valence-corrected chi connectivity index (χ3v) is 3.32. The molecule has 0 spiro atoms. The Labute approximate surface area is 91.5 Å². The number of nitrogens with two attached hydrogens (primary N) is 1. The van der Waals surface area contributed by atoms with Gasteiger partial charge in [-0.3, -0.25) is 4.79 Å². The highest BCUT2D eigenvalue weighted by Gasteiger charge is 2.34. The number of carbonyl (C=O) groups excluding carboxylic acids is 1. The number of rotatable bonds is 7. The van der Waals surface area contributed by atoms with Crippen LogP contribution in [0.25, 0.3) is 0 Å². The van der Waals surface area contributed by atoms with Crippen LogP contribution in [0.3, 0.4) is 0 Å². The van der Waals surface area contributed by atoms with Crippen LogP contribution in [0.15, 0.2) is 0 Å². The molecule has 1 fully saturated rings. The van der Waals surface area contributed by atoms with Crippen LogP contribution >= 0.6 is 0 Å². The third kappa shape index (κ3) is 3.80. The number of ether oxygens (including phenoxy) is 1. The Morgan fingerprint density at radius 2 is 2.27 bits per heavy atom. The summed E-state index contributed by atoms with van der Waals surface area (Å²) in [5.41, 5.74) is 5.63. The minimum Gasteiger partial charge on any atom is -0.370 e. The third-order valence-electron chi connectivity index (χ3n) is 3.32. The molecule has 4 heteroatoms. The molecule has 3 N–H and O–H groups in total. The molecule has 1 saturated carbocycles. The van der Waals surface area contributed by atoms with Gasteiger partial charge in [-0.05, 0) is 24.7 Å². The van der Waals surface area contributed by atoms with Gasteiger partial charge in [0.15, 0.2) is 0 Å². The molecule has 0 bridgehead atoms. The first-order valence-electron chi connectivity index (χ1n) is 5.77. The van der Waals surface area contributed by atoms with E-state index < -0.39 is 0 Å². The first-order chi connectivity index (χ1) is 7.22. The van der Waals surface area contributed by atoms with E-state index in [1.54, 1.807) is 0 Å². The zero-order valence-electron chi connectivity index (χ0n) is 9.55. The van der Waals surface area contributed by atoms with E-state index in [0.29, 0.717) is 18.6 Å². The molecule has 0 unspecified atom stereocenters. The highest BCUT2D eigenvalue weighted by molar-refractivity contribution is 5.77. The standard InChI is InChI=1S/C11H22N2O2/c1-2-11(4-3-5-11)9-13-10(14)8-15-7-6-12/h2-9,12H2,1H3,(H,13,14). The Morgan fingerprint density at radius 1 is 1.53 bits per heavy atom. The average Bonchev–Trinajstić information content (AvgIpc) is 2.17. The molecule has 0 aromatic carbocycles. The van der Waals surface area contributed by atoms with Gasteiger partial charge >= 0.3 is 0 Å². The number of amides is 1. The second-order valence-corrected chi connectivity index (χ2v) is 4.33. The summed E-state index contributed by atoms with van der Waals surface area (Å²) in [6, 6.07) is 0. The second kappa shape index (κ2) is 6.08. The van der Waals surface area contributed by atoms with Crippen molar-refractivity contribution >= 4 is 5.91 Å². The SMILES string of the molecule is CCC1(CNC(=O)COCCN)CCC1. The summed E-state index contributed by atoms with van der Waals surface area (Å²) < 4.78 is 5.06. The molecule has 1 rings (SSSR count). The zero-order valence-corrected chi connectivity index (χ0v) is 9.55. The van der Waals surface area contributed by atoms with Gasteiger partial charge in [0.2, 0.25) is 5.91 Å². The van der Waals surface area contributed by atoms with Gasteiger partial charge in [0, 0.05) is 13.1 Å². The summed E-state index contributed by atoms with van der Waals surface area (Å²) in [6.07, 6.45) is 4.94. The molecule has 1 aliphatic rings. The first kappa shape index (κ1) is 12.5. The topological polar surface area (TPSA) is 64.3 Å².